The molecule has 1 saturated carbocycles. The van der Waals surface area contributed by atoms with Crippen LogP contribution in [0.4, 0.5) is 0 Å². The normalized spacial score (nSPS) is 20.1. The first-order valence-electron chi connectivity index (χ1n) is 3.81. The van der Waals surface area contributed by atoms with E-state index >= 15 is 0 Å². The third-order valence-electron chi connectivity index (χ3n) is 1.92. The molecule has 0 radical (unpaired) electrons. The SMILES string of the molecule is O=S(=O)([O-])NC1CCCCC1.[Mg+2]. The van der Waals surface area contributed by atoms with Crippen LogP contribution in [-0.2, 0) is 10.3 Å². The first-order chi connectivity index (χ1) is 5.08. The van der Waals surface area contributed by atoms with Crippen LogP contribution in [-0.4, -0.2) is 42.1 Å². The molecular weight excluding hydrogens is 190 g/mol. The van der Waals surface area contributed by atoms with Crippen molar-refractivity contribution in [3.05, 3.63) is 0 Å². The molecule has 0 aromatic carbocycles. The van der Waals surface area contributed by atoms with E-state index in [-0.39, 0.29) is 29.1 Å². The topological polar surface area (TPSA) is 69.2 Å². The van der Waals surface area contributed by atoms with E-state index in [0.29, 0.717) is 0 Å². The summed E-state index contributed by atoms with van der Waals surface area (Å²) in [7, 11) is -4.22. The van der Waals surface area contributed by atoms with Gasteiger partial charge in [0.2, 0.25) is 0 Å². The van der Waals surface area contributed by atoms with Crippen LogP contribution in [0.25, 0.3) is 0 Å². The summed E-state index contributed by atoms with van der Waals surface area (Å²) in [5.41, 5.74) is 0. The Morgan fingerprint density at radius 3 is 2.08 bits per heavy atom. The van der Waals surface area contributed by atoms with Crippen LogP contribution in [0.1, 0.15) is 32.1 Å². The maximum Gasteiger partial charge on any atom is 2.00 e. The van der Waals surface area contributed by atoms with Gasteiger partial charge in [0.05, 0.1) is 0 Å². The molecule has 0 heterocycles. The molecule has 4 nitrogen and oxygen atoms in total. The first kappa shape index (κ1) is 12.6. The molecule has 6 heteroatoms. The Morgan fingerprint density at radius 2 is 1.67 bits per heavy atom. The quantitative estimate of drug-likeness (QED) is 0.506. The van der Waals surface area contributed by atoms with Crippen LogP contribution < -0.4 is 4.72 Å². The van der Waals surface area contributed by atoms with Gasteiger partial charge in [-0.05, 0) is 12.8 Å². The van der Waals surface area contributed by atoms with Gasteiger partial charge in [0.15, 0.2) is 10.3 Å². The minimum absolute atomic E-state index is 0. The Morgan fingerprint density at radius 1 is 1.17 bits per heavy atom. The van der Waals surface area contributed by atoms with Crippen molar-refractivity contribution < 1.29 is 13.0 Å². The smallest absolute Gasteiger partial charge is 0.735 e. The number of nitrogens with one attached hydrogen (secondary N) is 1. The van der Waals surface area contributed by atoms with E-state index in [1.54, 1.807) is 0 Å². The standard InChI is InChI=1S/C6H13NO3S.Mg/c8-11(9,10)7-6-4-2-1-3-5-6;/h6-7H,1-5H2,(H,8,9,10);/q;+2/p-1. The summed E-state index contributed by atoms with van der Waals surface area (Å²) in [6.45, 7) is 0. The fourth-order valence-electron chi connectivity index (χ4n) is 1.42. The molecule has 0 amide bonds. The van der Waals surface area contributed by atoms with Gasteiger partial charge in [-0.2, -0.15) is 0 Å². The van der Waals surface area contributed by atoms with Gasteiger partial charge in [-0.15, -0.1) is 0 Å². The van der Waals surface area contributed by atoms with E-state index in [9.17, 15) is 13.0 Å². The Bertz CT molecular complexity index is 211. The zero-order chi connectivity index (χ0) is 8.32. The van der Waals surface area contributed by atoms with Crippen molar-refractivity contribution in [1.29, 1.82) is 0 Å². The van der Waals surface area contributed by atoms with Crippen molar-refractivity contribution in [3.8, 4) is 0 Å². The average Bonchev–Trinajstić information content (AvgIpc) is 1.85. The Labute approximate surface area is 89.1 Å². The molecule has 1 aliphatic carbocycles. The summed E-state index contributed by atoms with van der Waals surface area (Å²) in [6, 6.07) is -0.105. The fourth-order valence-corrected chi connectivity index (χ4v) is 2.07. The fraction of sp³-hybridized carbons (Fsp3) is 1.00. The zero-order valence-electron chi connectivity index (χ0n) is 6.95. The van der Waals surface area contributed by atoms with Gasteiger partial charge in [-0.1, -0.05) is 19.3 Å². The molecule has 1 fully saturated rings. The van der Waals surface area contributed by atoms with E-state index in [4.69, 9.17) is 0 Å². The molecule has 1 rings (SSSR count). The second-order valence-electron chi connectivity index (χ2n) is 2.91. The number of rotatable bonds is 2. The molecular formula is C6H12MgNO3S+. The molecule has 66 valence electrons. The average molecular weight is 203 g/mol. The summed E-state index contributed by atoms with van der Waals surface area (Å²) < 4.78 is 32.8. The summed E-state index contributed by atoms with van der Waals surface area (Å²) in [5.74, 6) is 0. The Balaban J connectivity index is 0.00000121. The van der Waals surface area contributed by atoms with Gasteiger partial charge in [-0.3, -0.25) is 0 Å². The molecule has 0 spiro atoms. The van der Waals surface area contributed by atoms with Crippen molar-refractivity contribution >= 4 is 33.4 Å². The maximum atomic E-state index is 10.2. The molecule has 0 bridgehead atoms. The van der Waals surface area contributed by atoms with Gasteiger partial charge in [0.1, 0.15) is 0 Å². The van der Waals surface area contributed by atoms with E-state index in [1.165, 1.54) is 0 Å². The van der Waals surface area contributed by atoms with Gasteiger partial charge >= 0.3 is 23.1 Å². The molecule has 0 aliphatic heterocycles. The Kier molecular flexibility index (Phi) is 5.67. The molecule has 1 aliphatic rings. The minimum atomic E-state index is -4.22. The molecule has 0 aromatic heterocycles. The largest absolute Gasteiger partial charge is 2.00 e. The monoisotopic (exact) mass is 202 g/mol. The third kappa shape index (κ3) is 5.31. The summed E-state index contributed by atoms with van der Waals surface area (Å²) in [4.78, 5) is 0. The summed E-state index contributed by atoms with van der Waals surface area (Å²) >= 11 is 0. The van der Waals surface area contributed by atoms with Crippen molar-refractivity contribution in [2.24, 2.45) is 0 Å². The molecule has 12 heavy (non-hydrogen) atoms. The van der Waals surface area contributed by atoms with Crippen LogP contribution in [0, 0.1) is 0 Å². The van der Waals surface area contributed by atoms with E-state index in [2.05, 4.69) is 4.72 Å². The van der Waals surface area contributed by atoms with Crippen molar-refractivity contribution in [2.45, 2.75) is 38.1 Å². The van der Waals surface area contributed by atoms with Gasteiger partial charge in [0.25, 0.3) is 0 Å². The third-order valence-corrected chi connectivity index (χ3v) is 2.54. The van der Waals surface area contributed by atoms with Crippen LogP contribution in [0.2, 0.25) is 0 Å². The predicted octanol–water partition coefficient (Wildman–Crippen LogP) is -0.0119. The predicted molar refractivity (Wildman–Crippen MR) is 45.5 cm³/mol. The van der Waals surface area contributed by atoms with Crippen LogP contribution in [0.5, 0.6) is 0 Å². The van der Waals surface area contributed by atoms with Crippen molar-refractivity contribution in [2.75, 3.05) is 0 Å². The molecule has 0 unspecified atom stereocenters. The number of hydrogen-bond donors (Lipinski definition) is 1. The van der Waals surface area contributed by atoms with Gasteiger partial charge in [0, 0.05) is 6.04 Å². The van der Waals surface area contributed by atoms with Gasteiger partial charge < -0.3 is 4.55 Å². The second-order valence-corrected chi connectivity index (χ2v) is 4.05. The minimum Gasteiger partial charge on any atom is -0.735 e. The molecule has 0 atom stereocenters. The van der Waals surface area contributed by atoms with Crippen molar-refractivity contribution in [3.63, 3.8) is 0 Å². The van der Waals surface area contributed by atoms with Gasteiger partial charge in [-0.25, -0.2) is 13.1 Å². The van der Waals surface area contributed by atoms with E-state index in [0.717, 1.165) is 32.1 Å². The molecule has 0 saturated heterocycles. The summed E-state index contributed by atoms with van der Waals surface area (Å²) in [6.07, 6.45) is 4.81. The summed E-state index contributed by atoms with van der Waals surface area (Å²) in [5, 5.41) is 0. The van der Waals surface area contributed by atoms with E-state index < -0.39 is 10.3 Å². The zero-order valence-corrected chi connectivity index (χ0v) is 9.18. The van der Waals surface area contributed by atoms with Crippen LogP contribution >= 0.6 is 0 Å². The second kappa shape index (κ2) is 5.38. The van der Waals surface area contributed by atoms with Crippen molar-refractivity contribution in [1.82, 2.24) is 4.72 Å². The molecule has 1 N–H and O–H groups in total. The molecule has 0 aromatic rings. The van der Waals surface area contributed by atoms with Crippen LogP contribution in [0.3, 0.4) is 0 Å². The maximum absolute atomic E-state index is 10.2. The van der Waals surface area contributed by atoms with E-state index in [1.807, 2.05) is 0 Å². The Hall–Kier alpha value is 0.636. The number of hydrogen-bond acceptors (Lipinski definition) is 3. The van der Waals surface area contributed by atoms with Crippen LogP contribution in [0.15, 0.2) is 0 Å². The first-order valence-corrected chi connectivity index (χ1v) is 5.22.